The van der Waals surface area contributed by atoms with Crippen LogP contribution in [0.25, 0.3) is 0 Å². The third kappa shape index (κ3) is 7.53. The van der Waals surface area contributed by atoms with Crippen molar-refractivity contribution in [1.82, 2.24) is 10.6 Å². The van der Waals surface area contributed by atoms with Crippen LogP contribution in [0, 0.1) is 5.41 Å². The average molecular weight is 463 g/mol. The Hall–Kier alpha value is -2.63. The molecule has 1 aliphatic carbocycles. The number of amidine groups is 1. The highest BCUT2D eigenvalue weighted by Crippen LogP contribution is 2.44. The predicted octanol–water partition coefficient (Wildman–Crippen LogP) is 2.15. The van der Waals surface area contributed by atoms with Gasteiger partial charge in [-0.05, 0) is 43.4 Å². The summed E-state index contributed by atoms with van der Waals surface area (Å²) >= 11 is 0. The quantitative estimate of drug-likeness (QED) is 0.402. The van der Waals surface area contributed by atoms with Gasteiger partial charge in [0.15, 0.2) is 6.61 Å². The van der Waals surface area contributed by atoms with Gasteiger partial charge in [0.05, 0.1) is 5.75 Å². The van der Waals surface area contributed by atoms with E-state index in [0.29, 0.717) is 5.56 Å². The first-order chi connectivity index (χ1) is 14.1. The van der Waals surface area contributed by atoms with Gasteiger partial charge in [0.1, 0.15) is 27.0 Å². The zero-order valence-corrected chi connectivity index (χ0v) is 18.0. The van der Waals surface area contributed by atoms with Gasteiger partial charge in [-0.1, -0.05) is 6.07 Å². The fourth-order valence-corrected chi connectivity index (χ4v) is 4.29. The third-order valence-corrected chi connectivity index (χ3v) is 5.58. The van der Waals surface area contributed by atoms with Gasteiger partial charge < -0.3 is 15.4 Å². The first kappa shape index (κ1) is 24.6. The molecule has 0 heterocycles. The highest BCUT2D eigenvalue weighted by atomic mass is 32.2. The summed E-state index contributed by atoms with van der Waals surface area (Å²) in [5, 5.41) is 12.6. The van der Waals surface area contributed by atoms with E-state index < -0.39 is 51.6 Å². The Morgan fingerprint density at radius 2 is 1.87 bits per heavy atom. The average Bonchev–Trinajstić information content (AvgIpc) is 3.41. The summed E-state index contributed by atoms with van der Waals surface area (Å²) < 4.78 is 66.4. The molecule has 0 bridgehead atoms. The predicted molar refractivity (Wildman–Crippen MR) is 107 cm³/mol. The van der Waals surface area contributed by atoms with Crippen molar-refractivity contribution in [1.29, 1.82) is 5.41 Å². The van der Waals surface area contributed by atoms with Crippen LogP contribution in [0.15, 0.2) is 18.2 Å². The second kappa shape index (κ2) is 8.85. The minimum atomic E-state index is -4.55. The Morgan fingerprint density at radius 1 is 1.26 bits per heavy atom. The zero-order valence-electron chi connectivity index (χ0n) is 17.2. The van der Waals surface area contributed by atoms with Gasteiger partial charge >= 0.3 is 6.18 Å². The molecule has 172 valence electrons. The number of hydrogen-bond donors (Lipinski definition) is 3. The van der Waals surface area contributed by atoms with E-state index in [4.69, 9.17) is 10.1 Å². The maximum Gasteiger partial charge on any atom is 0.422 e. The van der Waals surface area contributed by atoms with E-state index in [-0.39, 0.29) is 17.2 Å². The molecule has 8 nitrogen and oxygen atoms in total. The molecule has 31 heavy (non-hydrogen) atoms. The molecule has 1 aliphatic rings. The van der Waals surface area contributed by atoms with Crippen molar-refractivity contribution in [2.24, 2.45) is 0 Å². The smallest absolute Gasteiger partial charge is 0.422 e. The minimum Gasteiger partial charge on any atom is -0.484 e. The van der Waals surface area contributed by atoms with Crippen molar-refractivity contribution in [3.8, 4) is 5.75 Å². The Morgan fingerprint density at radius 3 is 2.35 bits per heavy atom. The number of ether oxygens (including phenoxy) is 1. The number of hydrogen-bond acceptors (Lipinski definition) is 6. The highest BCUT2D eigenvalue weighted by molar-refractivity contribution is 7.90. The van der Waals surface area contributed by atoms with Crippen LogP contribution in [0.3, 0.4) is 0 Å². The van der Waals surface area contributed by atoms with Crippen LogP contribution >= 0.6 is 0 Å². The standard InChI is InChI=1S/C19H24F3N3O5S/c1-11(26)24-17(23)18(2,10-31(3,28)29)25-16(27)13-6-7-14(12-4-5-12)15(8-13)30-9-19(20,21)22/h6-8,12H,4-5,9-10H2,1-3H3,(H,25,27)(H2,23,24,26)/t18-/m1/s1. The van der Waals surface area contributed by atoms with E-state index in [2.05, 4.69) is 10.6 Å². The van der Waals surface area contributed by atoms with Crippen LogP contribution in [0.2, 0.25) is 0 Å². The van der Waals surface area contributed by atoms with Gasteiger partial charge in [0.25, 0.3) is 5.91 Å². The normalized spacial score (nSPS) is 16.2. The summed E-state index contributed by atoms with van der Waals surface area (Å²) in [6.07, 6.45) is -2.05. The molecule has 0 aliphatic heterocycles. The van der Waals surface area contributed by atoms with E-state index in [1.807, 2.05) is 0 Å². The molecule has 0 spiro atoms. The molecule has 0 unspecified atom stereocenters. The fourth-order valence-electron chi connectivity index (χ4n) is 3.02. The summed E-state index contributed by atoms with van der Waals surface area (Å²) in [4.78, 5) is 24.1. The van der Waals surface area contributed by atoms with Crippen LogP contribution in [0.4, 0.5) is 13.2 Å². The number of nitrogens with one attached hydrogen (secondary N) is 3. The summed E-state index contributed by atoms with van der Waals surface area (Å²) in [5.74, 6) is -2.70. The molecule has 0 saturated heterocycles. The summed E-state index contributed by atoms with van der Waals surface area (Å²) in [5.41, 5.74) is -1.29. The van der Waals surface area contributed by atoms with Crippen LogP contribution in [-0.4, -0.2) is 56.4 Å². The number of benzene rings is 1. The van der Waals surface area contributed by atoms with Crippen molar-refractivity contribution >= 4 is 27.5 Å². The van der Waals surface area contributed by atoms with E-state index in [9.17, 15) is 31.2 Å². The Labute approximate surface area is 178 Å². The number of carbonyl (C=O) groups is 2. The van der Waals surface area contributed by atoms with Crippen molar-refractivity contribution in [2.45, 2.75) is 44.3 Å². The maximum absolute atomic E-state index is 12.8. The van der Waals surface area contributed by atoms with Crippen molar-refractivity contribution in [3.63, 3.8) is 0 Å². The van der Waals surface area contributed by atoms with Crippen LogP contribution < -0.4 is 15.4 Å². The van der Waals surface area contributed by atoms with Crippen molar-refractivity contribution in [3.05, 3.63) is 29.3 Å². The van der Waals surface area contributed by atoms with Crippen LogP contribution in [0.1, 0.15) is 48.5 Å². The third-order valence-electron chi connectivity index (χ3n) is 4.48. The monoisotopic (exact) mass is 463 g/mol. The first-order valence-corrected chi connectivity index (χ1v) is 11.4. The molecule has 12 heteroatoms. The molecule has 2 amide bonds. The van der Waals surface area contributed by atoms with Crippen molar-refractivity contribution in [2.75, 3.05) is 18.6 Å². The first-order valence-electron chi connectivity index (χ1n) is 9.30. The van der Waals surface area contributed by atoms with Gasteiger partial charge in [0.2, 0.25) is 5.91 Å². The molecule has 1 aromatic rings. The molecule has 1 atom stereocenters. The lowest BCUT2D eigenvalue weighted by molar-refractivity contribution is -0.153. The SMILES string of the molecule is CC(=O)NC(=N)[C@@](C)(CS(C)(=O)=O)NC(=O)c1ccc(C2CC2)c(OCC(F)(F)F)c1. The van der Waals surface area contributed by atoms with E-state index in [1.165, 1.54) is 19.1 Å². The number of carbonyl (C=O) groups excluding carboxylic acids is 2. The molecule has 0 radical (unpaired) electrons. The zero-order chi connectivity index (χ0) is 23.6. The largest absolute Gasteiger partial charge is 0.484 e. The van der Waals surface area contributed by atoms with Gasteiger partial charge in [-0.2, -0.15) is 13.2 Å². The summed E-state index contributed by atoms with van der Waals surface area (Å²) in [6, 6.07) is 4.06. The topological polar surface area (TPSA) is 125 Å². The Bertz CT molecular complexity index is 990. The number of rotatable bonds is 8. The van der Waals surface area contributed by atoms with E-state index in [1.54, 1.807) is 0 Å². The molecule has 1 aromatic carbocycles. The highest BCUT2D eigenvalue weighted by Gasteiger charge is 2.37. The van der Waals surface area contributed by atoms with Crippen LogP contribution in [0.5, 0.6) is 5.75 Å². The number of alkyl halides is 3. The lowest BCUT2D eigenvalue weighted by atomic mass is 10.0. The van der Waals surface area contributed by atoms with Gasteiger partial charge in [-0.15, -0.1) is 0 Å². The fraction of sp³-hybridized carbons (Fsp3) is 0.526. The lowest BCUT2D eigenvalue weighted by Gasteiger charge is -2.30. The van der Waals surface area contributed by atoms with Gasteiger partial charge in [-0.25, -0.2) is 8.42 Å². The molecular formula is C19H24F3N3O5S. The molecule has 1 saturated carbocycles. The van der Waals surface area contributed by atoms with Gasteiger partial charge in [0, 0.05) is 18.7 Å². The van der Waals surface area contributed by atoms with Crippen LogP contribution in [-0.2, 0) is 14.6 Å². The summed E-state index contributed by atoms with van der Waals surface area (Å²) in [7, 11) is -3.69. The maximum atomic E-state index is 12.8. The molecule has 0 aromatic heterocycles. The van der Waals surface area contributed by atoms with Crippen molar-refractivity contribution < 1.29 is 35.9 Å². The summed E-state index contributed by atoms with van der Waals surface area (Å²) in [6.45, 7) is 0.860. The number of sulfone groups is 1. The van der Waals surface area contributed by atoms with E-state index in [0.717, 1.165) is 32.1 Å². The molecular weight excluding hydrogens is 439 g/mol. The van der Waals surface area contributed by atoms with E-state index >= 15 is 0 Å². The number of amides is 2. The minimum absolute atomic E-state index is 0.0591. The second-order valence-electron chi connectivity index (χ2n) is 7.84. The Balaban J connectivity index is 2.32. The lowest BCUT2D eigenvalue weighted by Crippen LogP contribution is -2.60. The molecule has 3 N–H and O–H groups in total. The number of halogens is 3. The molecule has 1 fully saturated rings. The molecule has 2 rings (SSSR count). The van der Waals surface area contributed by atoms with Gasteiger partial charge in [-0.3, -0.25) is 15.0 Å². The Kier molecular flexibility index (Phi) is 7.03. The second-order valence-corrected chi connectivity index (χ2v) is 9.98.